The first-order valence-electron chi connectivity index (χ1n) is 8.48. The normalized spacial score (nSPS) is 13.9. The molecule has 1 unspecified atom stereocenters. The van der Waals surface area contributed by atoms with Crippen LogP contribution in [0, 0.1) is 6.92 Å². The van der Waals surface area contributed by atoms with Gasteiger partial charge in [0.2, 0.25) is 0 Å². The van der Waals surface area contributed by atoms with Gasteiger partial charge in [0, 0.05) is 0 Å². The summed E-state index contributed by atoms with van der Waals surface area (Å²) in [4.78, 5) is 12.5. The Kier molecular flexibility index (Phi) is 5.46. The van der Waals surface area contributed by atoms with Crippen LogP contribution >= 0.6 is 11.6 Å². The number of hydrogen-bond acceptors (Lipinski definition) is 5. The number of rotatable bonds is 5. The zero-order chi connectivity index (χ0) is 21.4. The van der Waals surface area contributed by atoms with E-state index in [1.54, 1.807) is 19.1 Å². The minimum absolute atomic E-state index is 0.0473. The van der Waals surface area contributed by atoms with Gasteiger partial charge in [-0.15, -0.1) is 0 Å². The molecule has 1 aromatic carbocycles. The molecule has 0 fully saturated rings. The molecule has 0 aliphatic carbocycles. The number of halogens is 4. The molecule has 0 spiro atoms. The molecule has 0 aliphatic rings. The maximum atomic E-state index is 12.9. The Morgan fingerprint density at radius 1 is 1.28 bits per heavy atom. The van der Waals surface area contributed by atoms with Gasteiger partial charge in [0.05, 0.1) is 29.7 Å². The van der Waals surface area contributed by atoms with Crippen LogP contribution in [-0.2, 0) is 11.8 Å². The summed E-state index contributed by atoms with van der Waals surface area (Å²) < 4.78 is 44.9. The van der Waals surface area contributed by atoms with Gasteiger partial charge in [-0.05, 0) is 44.2 Å². The molecule has 0 radical (unpaired) electrons. The fourth-order valence-electron chi connectivity index (χ4n) is 2.63. The van der Waals surface area contributed by atoms with Gasteiger partial charge < -0.3 is 14.8 Å². The largest absolute Gasteiger partial charge is 0.463 e. The van der Waals surface area contributed by atoms with Crippen molar-refractivity contribution in [3.8, 4) is 5.69 Å². The van der Waals surface area contributed by atoms with Crippen molar-refractivity contribution in [3.63, 3.8) is 0 Å². The molecule has 2 heterocycles. The third-order valence-electron chi connectivity index (χ3n) is 4.23. The highest BCUT2D eigenvalue weighted by Crippen LogP contribution is 2.30. The molecule has 154 valence electrons. The predicted octanol–water partition coefficient (Wildman–Crippen LogP) is 4.13. The second-order valence-electron chi connectivity index (χ2n) is 6.67. The lowest BCUT2D eigenvalue weighted by Gasteiger charge is -2.22. The maximum absolute atomic E-state index is 12.9. The Hall–Kier alpha value is -2.78. The molecule has 0 saturated heterocycles. The lowest BCUT2D eigenvalue weighted by molar-refractivity contribution is -0.137. The molecule has 0 saturated carbocycles. The molecule has 3 aromatic rings. The first-order valence-corrected chi connectivity index (χ1v) is 8.85. The van der Waals surface area contributed by atoms with E-state index in [9.17, 15) is 23.1 Å². The van der Waals surface area contributed by atoms with Crippen LogP contribution in [0.15, 0.2) is 51.8 Å². The number of alkyl halides is 3. The molecule has 29 heavy (non-hydrogen) atoms. The standard InChI is InChI=1S/C19H17ClF3N3O3/c1-11-6-7-15(29-11)18(2,28)10-24-14-9-25-26(17(27)16(14)20)13-5-3-4-12(8-13)19(21,22)23/h3-9,24,28H,10H2,1-2H3. The summed E-state index contributed by atoms with van der Waals surface area (Å²) >= 11 is 6.09. The topological polar surface area (TPSA) is 80.3 Å². The van der Waals surface area contributed by atoms with Gasteiger partial charge in [-0.3, -0.25) is 4.79 Å². The number of aryl methyl sites for hydroxylation is 1. The second kappa shape index (κ2) is 7.57. The minimum atomic E-state index is -4.55. The van der Waals surface area contributed by atoms with Gasteiger partial charge in [0.15, 0.2) is 0 Å². The highest BCUT2D eigenvalue weighted by atomic mass is 35.5. The highest BCUT2D eigenvalue weighted by Gasteiger charge is 2.31. The molecular weight excluding hydrogens is 411 g/mol. The molecule has 2 aromatic heterocycles. The number of hydrogen-bond donors (Lipinski definition) is 2. The predicted molar refractivity (Wildman–Crippen MR) is 101 cm³/mol. The second-order valence-corrected chi connectivity index (χ2v) is 7.05. The Morgan fingerprint density at radius 2 is 2.00 bits per heavy atom. The lowest BCUT2D eigenvalue weighted by atomic mass is 10.0. The fourth-order valence-corrected chi connectivity index (χ4v) is 2.83. The Labute approximate surface area is 168 Å². The third-order valence-corrected chi connectivity index (χ3v) is 4.60. The summed E-state index contributed by atoms with van der Waals surface area (Å²) in [6, 6.07) is 7.52. The number of anilines is 1. The van der Waals surface area contributed by atoms with Crippen molar-refractivity contribution in [2.24, 2.45) is 0 Å². The first-order chi connectivity index (χ1) is 13.5. The summed E-state index contributed by atoms with van der Waals surface area (Å²) in [5, 5.41) is 17.0. The van der Waals surface area contributed by atoms with Crippen molar-refractivity contribution in [1.29, 1.82) is 0 Å². The average molecular weight is 428 g/mol. The van der Waals surface area contributed by atoms with E-state index in [0.29, 0.717) is 11.5 Å². The lowest BCUT2D eigenvalue weighted by Crippen LogP contribution is -2.31. The van der Waals surface area contributed by atoms with E-state index in [2.05, 4.69) is 10.4 Å². The highest BCUT2D eigenvalue weighted by molar-refractivity contribution is 6.32. The molecular formula is C19H17ClF3N3O3. The molecule has 0 amide bonds. The number of benzene rings is 1. The molecule has 2 N–H and O–H groups in total. The van der Waals surface area contributed by atoms with Crippen molar-refractivity contribution < 1.29 is 22.7 Å². The van der Waals surface area contributed by atoms with Crippen molar-refractivity contribution in [1.82, 2.24) is 9.78 Å². The summed E-state index contributed by atoms with van der Waals surface area (Å²) in [5.74, 6) is 0.951. The molecule has 6 nitrogen and oxygen atoms in total. The van der Waals surface area contributed by atoms with Crippen LogP contribution < -0.4 is 10.9 Å². The Morgan fingerprint density at radius 3 is 2.62 bits per heavy atom. The molecule has 10 heteroatoms. The van der Waals surface area contributed by atoms with Crippen molar-refractivity contribution >= 4 is 17.3 Å². The summed E-state index contributed by atoms with van der Waals surface area (Å²) in [6.45, 7) is 3.21. The quantitative estimate of drug-likeness (QED) is 0.640. The Balaban J connectivity index is 1.86. The smallest absolute Gasteiger partial charge is 0.416 e. The Bertz CT molecular complexity index is 1090. The van der Waals surface area contributed by atoms with Crippen LogP contribution in [0.2, 0.25) is 5.02 Å². The molecule has 3 rings (SSSR count). The van der Waals surface area contributed by atoms with E-state index < -0.39 is 22.9 Å². The minimum Gasteiger partial charge on any atom is -0.463 e. The first kappa shape index (κ1) is 20.9. The van der Waals surface area contributed by atoms with Crippen LogP contribution in [0.3, 0.4) is 0 Å². The molecule has 0 bridgehead atoms. The summed E-state index contributed by atoms with van der Waals surface area (Å²) in [7, 11) is 0. The van der Waals surface area contributed by atoms with Crippen LogP contribution in [0.1, 0.15) is 24.0 Å². The van der Waals surface area contributed by atoms with Gasteiger partial charge >= 0.3 is 6.18 Å². The summed E-state index contributed by atoms with van der Waals surface area (Å²) in [6.07, 6.45) is -3.35. The number of nitrogens with zero attached hydrogens (tertiary/aromatic N) is 2. The van der Waals surface area contributed by atoms with Crippen LogP contribution in [0.25, 0.3) is 5.69 Å². The van der Waals surface area contributed by atoms with Gasteiger partial charge in [0.25, 0.3) is 5.56 Å². The fraction of sp³-hybridized carbons (Fsp3) is 0.263. The van der Waals surface area contributed by atoms with E-state index >= 15 is 0 Å². The summed E-state index contributed by atoms with van der Waals surface area (Å²) in [5.41, 5.74) is -3.05. The number of aliphatic hydroxyl groups is 1. The van der Waals surface area contributed by atoms with Crippen LogP contribution in [0.5, 0.6) is 0 Å². The zero-order valence-electron chi connectivity index (χ0n) is 15.4. The van der Waals surface area contributed by atoms with Crippen LogP contribution in [-0.4, -0.2) is 21.4 Å². The van der Waals surface area contributed by atoms with E-state index in [4.69, 9.17) is 16.0 Å². The van der Waals surface area contributed by atoms with Gasteiger partial charge in [-0.2, -0.15) is 23.0 Å². The monoisotopic (exact) mass is 427 g/mol. The van der Waals surface area contributed by atoms with Crippen LogP contribution in [0.4, 0.5) is 18.9 Å². The maximum Gasteiger partial charge on any atom is 0.416 e. The van der Waals surface area contributed by atoms with Crippen molar-refractivity contribution in [2.75, 3.05) is 11.9 Å². The van der Waals surface area contributed by atoms with Gasteiger partial charge in [0.1, 0.15) is 22.1 Å². The number of nitrogens with one attached hydrogen (secondary N) is 1. The van der Waals surface area contributed by atoms with E-state index in [1.165, 1.54) is 25.3 Å². The van der Waals surface area contributed by atoms with E-state index in [0.717, 1.165) is 16.8 Å². The van der Waals surface area contributed by atoms with Gasteiger partial charge in [-0.1, -0.05) is 17.7 Å². The zero-order valence-corrected chi connectivity index (χ0v) is 16.2. The van der Waals surface area contributed by atoms with E-state index in [-0.39, 0.29) is 22.9 Å². The molecule has 0 aliphatic heterocycles. The number of furan rings is 1. The van der Waals surface area contributed by atoms with Gasteiger partial charge in [-0.25, -0.2) is 0 Å². The van der Waals surface area contributed by atoms with Crippen molar-refractivity contribution in [2.45, 2.75) is 25.6 Å². The third kappa shape index (κ3) is 4.46. The number of aromatic nitrogens is 2. The average Bonchev–Trinajstić information content (AvgIpc) is 3.10. The van der Waals surface area contributed by atoms with Crippen molar-refractivity contribution in [3.05, 3.63) is 75.1 Å². The SMILES string of the molecule is Cc1ccc(C(C)(O)CNc2cnn(-c3cccc(C(F)(F)F)c3)c(=O)c2Cl)o1. The molecule has 1 atom stereocenters. The van der Waals surface area contributed by atoms with E-state index in [1.807, 2.05) is 0 Å².